The van der Waals surface area contributed by atoms with E-state index in [1.165, 1.54) is 5.57 Å². The minimum absolute atomic E-state index is 0.0314. The van der Waals surface area contributed by atoms with E-state index in [4.69, 9.17) is 4.74 Å². The molecule has 1 heterocycles. The Balaban J connectivity index is 2.23. The van der Waals surface area contributed by atoms with Crippen molar-refractivity contribution >= 4 is 11.9 Å². The van der Waals surface area contributed by atoms with Crippen LogP contribution in [0.15, 0.2) is 47.1 Å². The number of allylic oxidation sites excluding steroid dienone is 4. The van der Waals surface area contributed by atoms with Crippen molar-refractivity contribution in [3.05, 3.63) is 47.1 Å². The van der Waals surface area contributed by atoms with Gasteiger partial charge in [-0.25, -0.2) is 9.59 Å². The predicted octanol–water partition coefficient (Wildman–Crippen LogP) is 4.34. The summed E-state index contributed by atoms with van der Waals surface area (Å²) in [6, 6.07) is 0. The Morgan fingerprint density at radius 1 is 1.17 bits per heavy atom. The molecular weight excluding hydrogens is 304 g/mol. The average Bonchev–Trinajstić information content (AvgIpc) is 2.77. The molecule has 0 bridgehead atoms. The maximum absolute atomic E-state index is 11.8. The van der Waals surface area contributed by atoms with Crippen LogP contribution in [0.3, 0.4) is 0 Å². The second-order valence-electron chi connectivity index (χ2n) is 6.72. The minimum atomic E-state index is -0.837. The normalized spacial score (nSPS) is 33.0. The van der Waals surface area contributed by atoms with Crippen LogP contribution in [0.25, 0.3) is 0 Å². The number of carboxylic acids is 1. The van der Waals surface area contributed by atoms with Gasteiger partial charge < -0.3 is 9.84 Å². The first-order valence-electron chi connectivity index (χ1n) is 8.53. The molecular formula is C20H26O4. The van der Waals surface area contributed by atoms with Crippen LogP contribution in [-0.4, -0.2) is 23.1 Å². The van der Waals surface area contributed by atoms with Crippen LogP contribution in [-0.2, 0) is 14.3 Å². The molecule has 1 fully saturated rings. The van der Waals surface area contributed by atoms with Gasteiger partial charge in [0.15, 0.2) is 0 Å². The van der Waals surface area contributed by atoms with Crippen LogP contribution in [0.2, 0.25) is 0 Å². The zero-order chi connectivity index (χ0) is 17.7. The lowest BCUT2D eigenvalue weighted by molar-refractivity contribution is -0.137. The molecule has 0 amide bonds. The standard InChI is InChI=1S/C20H26O4/c1-13-6-4-8-16(19(21)22)9-5-7-14(2)12-18-17(11-10-13)15(3)20(23)24-18/h6,9,12,17-18H,3-5,7-8,10-11H2,1-2H3,(H,21,22)/b13-6+,14-12-,16-9-. The number of carbonyl (C=O) groups excluding carboxylic acids is 1. The highest BCUT2D eigenvalue weighted by Gasteiger charge is 2.36. The van der Waals surface area contributed by atoms with E-state index in [-0.39, 0.29) is 18.0 Å². The molecule has 0 aromatic rings. The number of ether oxygens (including phenoxy) is 1. The van der Waals surface area contributed by atoms with Gasteiger partial charge in [-0.2, -0.15) is 0 Å². The molecule has 2 rings (SSSR count). The van der Waals surface area contributed by atoms with E-state index in [1.807, 2.05) is 26.0 Å². The quantitative estimate of drug-likeness (QED) is 0.441. The SMILES string of the molecule is C=C1C(=O)OC2/C=C(/C)CC/C=C(\C(=O)O)CC/C=C(\C)CCC12. The third-order valence-corrected chi connectivity index (χ3v) is 4.76. The highest BCUT2D eigenvalue weighted by molar-refractivity contribution is 5.91. The third-order valence-electron chi connectivity index (χ3n) is 4.76. The van der Waals surface area contributed by atoms with Crippen molar-refractivity contribution < 1.29 is 19.4 Å². The number of hydrogen-bond acceptors (Lipinski definition) is 3. The number of rotatable bonds is 1. The smallest absolute Gasteiger partial charge is 0.334 e. The van der Waals surface area contributed by atoms with Gasteiger partial charge in [-0.05, 0) is 58.4 Å². The van der Waals surface area contributed by atoms with Gasteiger partial charge in [0.2, 0.25) is 0 Å². The first-order chi connectivity index (χ1) is 11.4. The van der Waals surface area contributed by atoms with Crippen molar-refractivity contribution in [3.8, 4) is 0 Å². The number of carboxylic acid groups (broad SMARTS) is 1. The molecule has 2 unspecified atom stereocenters. The maximum Gasteiger partial charge on any atom is 0.334 e. The number of carbonyl (C=O) groups is 2. The lowest BCUT2D eigenvalue weighted by Crippen LogP contribution is -2.15. The summed E-state index contributed by atoms with van der Waals surface area (Å²) in [4.78, 5) is 23.2. The first kappa shape index (κ1) is 18.2. The average molecular weight is 330 g/mol. The Labute approximate surface area is 143 Å². The molecule has 0 spiro atoms. The van der Waals surface area contributed by atoms with Crippen LogP contribution in [0.1, 0.15) is 52.4 Å². The lowest BCUT2D eigenvalue weighted by Gasteiger charge is -2.16. The Morgan fingerprint density at radius 2 is 1.88 bits per heavy atom. The molecule has 130 valence electrons. The molecule has 0 aromatic heterocycles. The van der Waals surface area contributed by atoms with Gasteiger partial charge >= 0.3 is 11.9 Å². The maximum atomic E-state index is 11.8. The summed E-state index contributed by atoms with van der Waals surface area (Å²) >= 11 is 0. The minimum Gasteiger partial charge on any atom is -0.478 e. The molecule has 24 heavy (non-hydrogen) atoms. The van der Waals surface area contributed by atoms with E-state index in [0.717, 1.165) is 31.3 Å². The van der Waals surface area contributed by atoms with Gasteiger partial charge in [-0.3, -0.25) is 0 Å². The first-order valence-corrected chi connectivity index (χ1v) is 8.53. The monoisotopic (exact) mass is 330 g/mol. The Bertz CT molecular complexity index is 622. The Morgan fingerprint density at radius 3 is 2.58 bits per heavy atom. The van der Waals surface area contributed by atoms with E-state index >= 15 is 0 Å². The number of hydrogen-bond donors (Lipinski definition) is 1. The molecule has 0 saturated carbocycles. The van der Waals surface area contributed by atoms with Crippen LogP contribution in [0.5, 0.6) is 0 Å². The van der Waals surface area contributed by atoms with Crippen LogP contribution in [0.4, 0.5) is 0 Å². The lowest BCUT2D eigenvalue weighted by atomic mass is 9.89. The van der Waals surface area contributed by atoms with Gasteiger partial charge in [-0.15, -0.1) is 0 Å². The molecule has 1 saturated heterocycles. The summed E-state index contributed by atoms with van der Waals surface area (Å²) in [5, 5.41) is 9.29. The van der Waals surface area contributed by atoms with Crippen LogP contribution < -0.4 is 0 Å². The van der Waals surface area contributed by atoms with Crippen LogP contribution in [0, 0.1) is 5.92 Å². The summed E-state index contributed by atoms with van der Waals surface area (Å²) in [7, 11) is 0. The zero-order valence-corrected chi connectivity index (χ0v) is 14.5. The van der Waals surface area contributed by atoms with E-state index in [0.29, 0.717) is 24.0 Å². The molecule has 0 radical (unpaired) electrons. The van der Waals surface area contributed by atoms with Crippen molar-refractivity contribution in [1.29, 1.82) is 0 Å². The van der Waals surface area contributed by atoms with Gasteiger partial charge in [0, 0.05) is 17.1 Å². The summed E-state index contributed by atoms with van der Waals surface area (Å²) in [5.74, 6) is -1.10. The highest BCUT2D eigenvalue weighted by Crippen LogP contribution is 2.33. The summed E-state index contributed by atoms with van der Waals surface area (Å²) in [6.07, 6.45) is 10.1. The van der Waals surface area contributed by atoms with E-state index < -0.39 is 5.97 Å². The molecule has 1 N–H and O–H groups in total. The highest BCUT2D eigenvalue weighted by atomic mass is 16.5. The number of esters is 1. The van der Waals surface area contributed by atoms with Crippen molar-refractivity contribution in [1.82, 2.24) is 0 Å². The number of aliphatic carboxylic acids is 1. The summed E-state index contributed by atoms with van der Waals surface area (Å²) < 4.78 is 5.46. The predicted molar refractivity (Wildman–Crippen MR) is 93.4 cm³/mol. The Hall–Kier alpha value is -2.10. The van der Waals surface area contributed by atoms with Crippen molar-refractivity contribution in [3.63, 3.8) is 0 Å². The third kappa shape index (κ3) is 4.70. The van der Waals surface area contributed by atoms with Gasteiger partial charge in [0.1, 0.15) is 6.10 Å². The van der Waals surface area contributed by atoms with Gasteiger partial charge in [0.05, 0.1) is 0 Å². The summed E-state index contributed by atoms with van der Waals surface area (Å²) in [5.41, 5.74) is 3.36. The van der Waals surface area contributed by atoms with E-state index in [2.05, 4.69) is 12.7 Å². The van der Waals surface area contributed by atoms with Gasteiger partial charge in [0.25, 0.3) is 0 Å². The van der Waals surface area contributed by atoms with Gasteiger partial charge in [-0.1, -0.05) is 29.9 Å². The van der Waals surface area contributed by atoms with Crippen molar-refractivity contribution in [2.45, 2.75) is 58.5 Å². The molecule has 1 aliphatic carbocycles. The molecule has 2 aliphatic rings. The van der Waals surface area contributed by atoms with Crippen LogP contribution >= 0.6 is 0 Å². The molecule has 4 heteroatoms. The second-order valence-corrected chi connectivity index (χ2v) is 6.72. The Kier molecular flexibility index (Phi) is 6.18. The fourth-order valence-electron chi connectivity index (χ4n) is 3.21. The second kappa shape index (κ2) is 8.13. The summed E-state index contributed by atoms with van der Waals surface area (Å²) in [6.45, 7) is 7.95. The topological polar surface area (TPSA) is 63.6 Å². The molecule has 1 aliphatic heterocycles. The van der Waals surface area contributed by atoms with Crippen molar-refractivity contribution in [2.24, 2.45) is 5.92 Å². The van der Waals surface area contributed by atoms with E-state index in [9.17, 15) is 14.7 Å². The molecule has 0 aromatic carbocycles. The fourth-order valence-corrected chi connectivity index (χ4v) is 3.21. The largest absolute Gasteiger partial charge is 0.478 e. The van der Waals surface area contributed by atoms with E-state index in [1.54, 1.807) is 0 Å². The van der Waals surface area contributed by atoms with Crippen molar-refractivity contribution in [2.75, 3.05) is 0 Å². The zero-order valence-electron chi connectivity index (χ0n) is 14.5. The number of fused-ring (bicyclic) bond motifs is 1. The molecule has 4 nitrogen and oxygen atoms in total. The fraction of sp³-hybridized carbons (Fsp3) is 0.500. The molecule has 2 atom stereocenters.